The second kappa shape index (κ2) is 13.1. The zero-order chi connectivity index (χ0) is 24.3. The molecule has 0 saturated carbocycles. The fourth-order valence-corrected chi connectivity index (χ4v) is 4.86. The van der Waals surface area contributed by atoms with Gasteiger partial charge in [-0.25, -0.2) is 0 Å². The highest BCUT2D eigenvalue weighted by Crippen LogP contribution is 2.26. The fourth-order valence-electron chi connectivity index (χ4n) is 4.86. The molecule has 184 valence electrons. The lowest BCUT2D eigenvalue weighted by molar-refractivity contribution is -0.138. The first kappa shape index (κ1) is 25.6. The number of carbonyl (C=O) groups excluding carboxylic acids is 1. The maximum absolute atomic E-state index is 13.2. The lowest BCUT2D eigenvalue weighted by Gasteiger charge is -2.37. The highest BCUT2D eigenvalue weighted by molar-refractivity contribution is 6.00. The molecule has 0 bridgehead atoms. The number of nitrogen functional groups attached to an aromatic ring is 1. The zero-order valence-electron chi connectivity index (χ0n) is 20.3. The van der Waals surface area contributed by atoms with Crippen LogP contribution >= 0.6 is 0 Å². The Morgan fingerprint density at radius 2 is 1.76 bits per heavy atom. The van der Waals surface area contributed by atoms with Gasteiger partial charge in [0.15, 0.2) is 0 Å². The Kier molecular flexibility index (Phi) is 9.85. The molecule has 2 fully saturated rings. The number of hydrogen-bond acceptors (Lipinski definition) is 7. The van der Waals surface area contributed by atoms with Crippen LogP contribution in [-0.4, -0.2) is 71.9 Å². The van der Waals surface area contributed by atoms with E-state index in [1.54, 1.807) is 13.3 Å². The number of aromatic nitrogens is 1. The first-order chi connectivity index (χ1) is 16.6. The van der Waals surface area contributed by atoms with E-state index in [1.165, 1.54) is 5.56 Å². The number of aliphatic hydroxyl groups excluding tert-OH is 1. The van der Waals surface area contributed by atoms with Crippen LogP contribution in [0.1, 0.15) is 36.9 Å². The van der Waals surface area contributed by atoms with E-state index in [-0.39, 0.29) is 11.8 Å². The van der Waals surface area contributed by atoms with E-state index in [1.807, 2.05) is 36.4 Å². The molecule has 0 aliphatic carbocycles. The van der Waals surface area contributed by atoms with Crippen molar-refractivity contribution in [3.05, 3.63) is 59.9 Å². The van der Waals surface area contributed by atoms with E-state index in [0.717, 1.165) is 82.6 Å². The third-order valence-electron chi connectivity index (χ3n) is 6.60. The normalized spacial score (nSPS) is 18.2. The Hall–Kier alpha value is -2.97. The van der Waals surface area contributed by atoms with Gasteiger partial charge in [0.25, 0.3) is 0 Å². The lowest BCUT2D eigenvalue weighted by Crippen LogP contribution is -2.46. The number of carbonyl (C=O) groups is 1. The molecule has 1 aromatic carbocycles. The third kappa shape index (κ3) is 6.77. The maximum Gasteiger partial charge on any atom is 0.225 e. The minimum atomic E-state index is 0.131. The van der Waals surface area contributed by atoms with Gasteiger partial charge in [0, 0.05) is 50.5 Å². The summed E-state index contributed by atoms with van der Waals surface area (Å²) >= 11 is 0. The van der Waals surface area contributed by atoms with Crippen LogP contribution in [0.4, 0.5) is 5.69 Å². The number of pyridine rings is 1. The fraction of sp³-hybridized carbons (Fsp3) is 0.500. The molecule has 2 saturated heterocycles. The molecule has 0 spiro atoms. The van der Waals surface area contributed by atoms with Gasteiger partial charge >= 0.3 is 0 Å². The Balaban J connectivity index is 0.00000158. The van der Waals surface area contributed by atoms with Crippen molar-refractivity contribution in [2.75, 3.05) is 46.1 Å². The predicted molar refractivity (Wildman–Crippen MR) is 134 cm³/mol. The van der Waals surface area contributed by atoms with Crippen LogP contribution in [0.2, 0.25) is 0 Å². The maximum atomic E-state index is 13.2. The Morgan fingerprint density at radius 1 is 1.06 bits per heavy atom. The molecule has 1 amide bonds. The van der Waals surface area contributed by atoms with E-state index in [0.29, 0.717) is 5.91 Å². The Bertz CT molecular complexity index is 921. The number of anilines is 1. The van der Waals surface area contributed by atoms with Crippen LogP contribution < -0.4 is 5.73 Å². The van der Waals surface area contributed by atoms with Gasteiger partial charge in [-0.2, -0.15) is 0 Å². The average molecular weight is 468 g/mol. The number of hydrogen-bond donors (Lipinski definition) is 2. The van der Waals surface area contributed by atoms with E-state index in [4.69, 9.17) is 15.7 Å². The molecule has 2 aliphatic heterocycles. The van der Waals surface area contributed by atoms with Crippen LogP contribution in [0.5, 0.6) is 0 Å². The summed E-state index contributed by atoms with van der Waals surface area (Å²) in [5.74, 6) is 0.704. The number of amides is 1. The summed E-state index contributed by atoms with van der Waals surface area (Å²) in [7, 11) is 2.57. The molecule has 8 nitrogen and oxygen atoms in total. The molecule has 8 heteroatoms. The zero-order valence-corrected chi connectivity index (χ0v) is 20.3. The number of piperidine rings is 2. The average Bonchev–Trinajstić information content (AvgIpc) is 2.89. The van der Waals surface area contributed by atoms with Gasteiger partial charge in [0.2, 0.25) is 5.91 Å². The highest BCUT2D eigenvalue weighted by Gasteiger charge is 2.32. The van der Waals surface area contributed by atoms with Gasteiger partial charge in [-0.1, -0.05) is 23.4 Å². The molecule has 34 heavy (non-hydrogen) atoms. The van der Waals surface area contributed by atoms with E-state index >= 15 is 0 Å². The van der Waals surface area contributed by atoms with Crippen molar-refractivity contribution in [2.24, 2.45) is 17.0 Å². The highest BCUT2D eigenvalue weighted by atomic mass is 16.6. The number of nitrogens with two attached hydrogens (primary N) is 1. The Morgan fingerprint density at radius 3 is 2.38 bits per heavy atom. The number of aliphatic hydroxyl groups is 1. The van der Waals surface area contributed by atoms with Gasteiger partial charge in [-0.05, 0) is 68.6 Å². The molecule has 3 heterocycles. The van der Waals surface area contributed by atoms with E-state index in [9.17, 15) is 4.79 Å². The molecular formula is C26H37N5O3. The van der Waals surface area contributed by atoms with Crippen molar-refractivity contribution in [3.63, 3.8) is 0 Å². The van der Waals surface area contributed by atoms with Gasteiger partial charge in [0.1, 0.15) is 12.8 Å². The number of benzene rings is 1. The monoisotopic (exact) mass is 467 g/mol. The lowest BCUT2D eigenvalue weighted by atomic mass is 9.88. The first-order valence-electron chi connectivity index (χ1n) is 12.0. The summed E-state index contributed by atoms with van der Waals surface area (Å²) in [6, 6.07) is 13.9. The van der Waals surface area contributed by atoms with Crippen molar-refractivity contribution in [1.29, 1.82) is 0 Å². The van der Waals surface area contributed by atoms with Crippen LogP contribution in [-0.2, 0) is 16.2 Å². The van der Waals surface area contributed by atoms with Crippen LogP contribution in [0.25, 0.3) is 0 Å². The van der Waals surface area contributed by atoms with Crippen molar-refractivity contribution < 1.29 is 14.7 Å². The van der Waals surface area contributed by atoms with Crippen LogP contribution in [0, 0.1) is 11.8 Å². The molecular weight excluding hydrogens is 430 g/mol. The summed E-state index contributed by atoms with van der Waals surface area (Å²) in [5.41, 5.74) is 9.68. The molecule has 2 aromatic rings. The number of likely N-dealkylation sites (tertiary alicyclic amines) is 2. The molecule has 0 atom stereocenters. The smallest absolute Gasteiger partial charge is 0.225 e. The van der Waals surface area contributed by atoms with Crippen molar-refractivity contribution >= 4 is 17.3 Å². The molecule has 2 aliphatic rings. The molecule has 0 unspecified atom stereocenters. The summed E-state index contributed by atoms with van der Waals surface area (Å²) in [6.45, 7) is 4.33. The topological polar surface area (TPSA) is 104 Å². The van der Waals surface area contributed by atoms with Crippen molar-refractivity contribution in [3.8, 4) is 0 Å². The first-order valence-corrected chi connectivity index (χ1v) is 12.0. The second-order valence-electron chi connectivity index (χ2n) is 8.77. The second-order valence-corrected chi connectivity index (χ2v) is 8.77. The van der Waals surface area contributed by atoms with Gasteiger partial charge in [-0.3, -0.25) is 14.7 Å². The molecule has 4 rings (SSSR count). The van der Waals surface area contributed by atoms with Gasteiger partial charge in [0.05, 0.1) is 5.69 Å². The quantitative estimate of drug-likeness (QED) is 0.385. The van der Waals surface area contributed by atoms with Crippen LogP contribution in [0.3, 0.4) is 0 Å². The Labute approximate surface area is 202 Å². The molecule has 0 radical (unpaired) electrons. The summed E-state index contributed by atoms with van der Waals surface area (Å²) in [6.07, 6.45) is 5.40. The molecule has 3 N–H and O–H groups in total. The largest absolute Gasteiger partial charge is 0.400 e. The number of nitrogens with zero attached hydrogens (tertiary/aromatic N) is 4. The minimum absolute atomic E-state index is 0.131. The van der Waals surface area contributed by atoms with Crippen molar-refractivity contribution in [1.82, 2.24) is 14.8 Å². The number of oxime groups is 1. The summed E-state index contributed by atoms with van der Waals surface area (Å²) in [4.78, 5) is 27.2. The van der Waals surface area contributed by atoms with E-state index in [2.05, 4.69) is 26.0 Å². The standard InChI is InChI=1S/C25H33N5O2.CH4O/c1-32-28-24(23-7-2-3-12-27-23)20-10-15-30(16-11-20)25(31)21-8-13-29(14-9-21)18-19-5-4-6-22(26)17-19;1-2/h2-7,12,17,20-21H,8-11,13-16,18,26H2,1H3;2H,1H3/b28-24-;. The SMILES string of the molecule is CO.CO/N=C(\c1ccccn1)C1CCN(C(=O)C2CCN(Cc3cccc(N)c3)CC2)CC1. The minimum Gasteiger partial charge on any atom is -0.400 e. The summed E-state index contributed by atoms with van der Waals surface area (Å²) in [5, 5.41) is 11.3. The van der Waals surface area contributed by atoms with Gasteiger partial charge < -0.3 is 20.6 Å². The van der Waals surface area contributed by atoms with Crippen LogP contribution in [0.15, 0.2) is 53.8 Å². The molecule has 1 aromatic heterocycles. The van der Waals surface area contributed by atoms with E-state index < -0.39 is 0 Å². The summed E-state index contributed by atoms with van der Waals surface area (Å²) < 4.78 is 0. The number of rotatable bonds is 6. The third-order valence-corrected chi connectivity index (χ3v) is 6.60. The van der Waals surface area contributed by atoms with Crippen molar-refractivity contribution in [2.45, 2.75) is 32.2 Å². The predicted octanol–water partition coefficient (Wildman–Crippen LogP) is 2.77. The van der Waals surface area contributed by atoms with Gasteiger partial charge in [-0.15, -0.1) is 0 Å².